The lowest BCUT2D eigenvalue weighted by atomic mass is 10.2. The number of amides is 1. The maximum atomic E-state index is 13.8. The summed E-state index contributed by atoms with van der Waals surface area (Å²) in [6, 6.07) is 6.42. The van der Waals surface area contributed by atoms with Crippen LogP contribution in [0.25, 0.3) is 11.3 Å². The first-order chi connectivity index (χ1) is 11.6. The average Bonchev–Trinajstić information content (AvgIpc) is 2.94. The number of aromatic nitrogens is 1. The molecule has 24 heavy (non-hydrogen) atoms. The van der Waals surface area contributed by atoms with Gasteiger partial charge in [-0.1, -0.05) is 12.1 Å². The van der Waals surface area contributed by atoms with Gasteiger partial charge >= 0.3 is 0 Å². The molecule has 0 atom stereocenters. The van der Waals surface area contributed by atoms with Crippen molar-refractivity contribution in [3.8, 4) is 11.3 Å². The van der Waals surface area contributed by atoms with Gasteiger partial charge in [0.15, 0.2) is 11.7 Å². The zero-order chi connectivity index (χ0) is 16.9. The Morgan fingerprint density at radius 1 is 1.25 bits per heavy atom. The number of benzene rings is 1. The van der Waals surface area contributed by atoms with Gasteiger partial charge in [-0.15, -0.1) is 0 Å². The Morgan fingerprint density at radius 2 is 2.08 bits per heavy atom. The Balaban J connectivity index is 1.57. The number of nitrogens with zero attached hydrogens (tertiary/aromatic N) is 3. The standard InChI is InChI=1S/C18H22FN3O2/c1-21-9-4-10-22(12-11-21)18(23)8-7-17-20-13-16(24-17)14-5-2-3-6-15(14)19/h2-3,5-6,13H,4,7-12H2,1H3. The third-order valence-corrected chi connectivity index (χ3v) is 4.32. The van der Waals surface area contributed by atoms with Crippen molar-refractivity contribution in [3.05, 3.63) is 42.2 Å². The number of likely N-dealkylation sites (N-methyl/N-ethyl adjacent to an activating group) is 1. The van der Waals surface area contributed by atoms with E-state index in [2.05, 4.69) is 16.9 Å². The van der Waals surface area contributed by atoms with E-state index in [1.807, 2.05) is 4.90 Å². The maximum absolute atomic E-state index is 13.8. The van der Waals surface area contributed by atoms with Gasteiger partial charge in [-0.05, 0) is 32.1 Å². The van der Waals surface area contributed by atoms with Crippen LogP contribution >= 0.6 is 0 Å². The summed E-state index contributed by atoms with van der Waals surface area (Å²) in [4.78, 5) is 20.7. The molecule has 6 heteroatoms. The van der Waals surface area contributed by atoms with E-state index in [9.17, 15) is 9.18 Å². The SMILES string of the molecule is CN1CCCN(C(=O)CCc2ncc(-c3ccccc3F)o2)CC1. The molecular formula is C18H22FN3O2. The number of oxazole rings is 1. The lowest BCUT2D eigenvalue weighted by Crippen LogP contribution is -2.34. The fraction of sp³-hybridized carbons (Fsp3) is 0.444. The summed E-state index contributed by atoms with van der Waals surface area (Å²) in [5.74, 6) is 0.640. The molecule has 1 fully saturated rings. The third kappa shape index (κ3) is 4.00. The summed E-state index contributed by atoms with van der Waals surface area (Å²) in [6.07, 6.45) is 3.30. The van der Waals surface area contributed by atoms with Gasteiger partial charge < -0.3 is 14.2 Å². The van der Waals surface area contributed by atoms with Crippen LogP contribution in [0, 0.1) is 5.82 Å². The van der Waals surface area contributed by atoms with Crippen LogP contribution in [0.1, 0.15) is 18.7 Å². The minimum atomic E-state index is -0.343. The number of hydrogen-bond donors (Lipinski definition) is 0. The van der Waals surface area contributed by atoms with Crippen LogP contribution in [0.2, 0.25) is 0 Å². The molecule has 1 aliphatic rings. The Kier molecular flexibility index (Phi) is 5.25. The molecule has 0 aliphatic carbocycles. The van der Waals surface area contributed by atoms with Crippen molar-refractivity contribution >= 4 is 5.91 Å². The fourth-order valence-electron chi connectivity index (χ4n) is 2.88. The minimum Gasteiger partial charge on any atom is -0.441 e. The van der Waals surface area contributed by atoms with Gasteiger partial charge in [-0.25, -0.2) is 9.37 Å². The molecule has 2 heterocycles. The second-order valence-electron chi connectivity index (χ2n) is 6.14. The molecule has 3 rings (SSSR count). The molecule has 0 saturated carbocycles. The molecule has 0 N–H and O–H groups in total. The minimum absolute atomic E-state index is 0.121. The van der Waals surface area contributed by atoms with Crippen LogP contribution in [0.4, 0.5) is 4.39 Å². The van der Waals surface area contributed by atoms with E-state index in [-0.39, 0.29) is 11.7 Å². The van der Waals surface area contributed by atoms with Gasteiger partial charge in [0.1, 0.15) is 5.82 Å². The lowest BCUT2D eigenvalue weighted by molar-refractivity contribution is -0.131. The van der Waals surface area contributed by atoms with Crippen LogP contribution < -0.4 is 0 Å². The molecule has 0 radical (unpaired) electrons. The zero-order valence-electron chi connectivity index (χ0n) is 13.9. The summed E-state index contributed by atoms with van der Waals surface area (Å²) in [6.45, 7) is 3.49. The number of carbonyl (C=O) groups is 1. The summed E-state index contributed by atoms with van der Waals surface area (Å²) in [5.41, 5.74) is 0.387. The molecule has 5 nitrogen and oxygen atoms in total. The quantitative estimate of drug-likeness (QED) is 0.864. The van der Waals surface area contributed by atoms with Crippen molar-refractivity contribution in [2.75, 3.05) is 33.2 Å². The van der Waals surface area contributed by atoms with Crippen molar-refractivity contribution in [2.45, 2.75) is 19.3 Å². The Bertz CT molecular complexity index is 701. The topological polar surface area (TPSA) is 49.6 Å². The van der Waals surface area contributed by atoms with Crippen molar-refractivity contribution in [2.24, 2.45) is 0 Å². The Hall–Kier alpha value is -2.21. The lowest BCUT2D eigenvalue weighted by Gasteiger charge is -2.20. The molecule has 128 valence electrons. The second-order valence-corrected chi connectivity index (χ2v) is 6.14. The van der Waals surface area contributed by atoms with E-state index in [0.717, 1.165) is 32.6 Å². The highest BCUT2D eigenvalue weighted by Gasteiger charge is 2.18. The monoisotopic (exact) mass is 331 g/mol. The van der Waals surface area contributed by atoms with E-state index >= 15 is 0 Å². The number of rotatable bonds is 4. The molecular weight excluding hydrogens is 309 g/mol. The van der Waals surface area contributed by atoms with Gasteiger partial charge in [-0.3, -0.25) is 4.79 Å². The first kappa shape index (κ1) is 16.6. The van der Waals surface area contributed by atoms with Gasteiger partial charge in [0, 0.05) is 32.5 Å². The molecule has 1 aromatic heterocycles. The Labute approximate surface area is 141 Å². The Morgan fingerprint density at radius 3 is 2.92 bits per heavy atom. The smallest absolute Gasteiger partial charge is 0.223 e. The van der Waals surface area contributed by atoms with Crippen LogP contribution in [-0.2, 0) is 11.2 Å². The van der Waals surface area contributed by atoms with E-state index < -0.39 is 0 Å². The van der Waals surface area contributed by atoms with Gasteiger partial charge in [0.05, 0.1) is 11.8 Å². The summed E-state index contributed by atoms with van der Waals surface area (Å²) in [5, 5.41) is 0. The first-order valence-corrected chi connectivity index (χ1v) is 8.29. The second kappa shape index (κ2) is 7.57. The predicted molar refractivity (Wildman–Crippen MR) is 88.9 cm³/mol. The van der Waals surface area contributed by atoms with E-state index in [4.69, 9.17) is 4.42 Å². The molecule has 2 aromatic rings. The number of aryl methyl sites for hydroxylation is 1. The molecule has 1 amide bonds. The predicted octanol–water partition coefficient (Wildman–Crippen LogP) is 2.58. The van der Waals surface area contributed by atoms with Crippen LogP contribution in [0.15, 0.2) is 34.9 Å². The maximum Gasteiger partial charge on any atom is 0.223 e. The first-order valence-electron chi connectivity index (χ1n) is 8.29. The average molecular weight is 331 g/mol. The van der Waals surface area contributed by atoms with Gasteiger partial charge in [0.25, 0.3) is 0 Å². The highest BCUT2D eigenvalue weighted by atomic mass is 19.1. The van der Waals surface area contributed by atoms with E-state index in [0.29, 0.717) is 30.1 Å². The summed E-state index contributed by atoms with van der Waals surface area (Å²) in [7, 11) is 2.07. The highest BCUT2D eigenvalue weighted by molar-refractivity contribution is 5.76. The number of hydrogen-bond acceptors (Lipinski definition) is 4. The van der Waals surface area contributed by atoms with Crippen molar-refractivity contribution in [1.29, 1.82) is 0 Å². The van der Waals surface area contributed by atoms with Crippen LogP contribution in [0.3, 0.4) is 0 Å². The molecule has 1 aliphatic heterocycles. The highest BCUT2D eigenvalue weighted by Crippen LogP contribution is 2.23. The number of halogens is 1. The van der Waals surface area contributed by atoms with Gasteiger partial charge in [-0.2, -0.15) is 0 Å². The largest absolute Gasteiger partial charge is 0.441 e. The number of carbonyl (C=O) groups excluding carboxylic acids is 1. The van der Waals surface area contributed by atoms with Gasteiger partial charge in [0.2, 0.25) is 5.91 Å². The van der Waals surface area contributed by atoms with Crippen LogP contribution in [0.5, 0.6) is 0 Å². The van der Waals surface area contributed by atoms with Crippen molar-refractivity contribution < 1.29 is 13.6 Å². The van der Waals surface area contributed by atoms with E-state index in [1.165, 1.54) is 12.3 Å². The van der Waals surface area contributed by atoms with Crippen LogP contribution in [-0.4, -0.2) is 53.9 Å². The normalized spacial score (nSPS) is 16.2. The molecule has 1 saturated heterocycles. The summed E-state index contributed by atoms with van der Waals surface area (Å²) >= 11 is 0. The van der Waals surface area contributed by atoms with E-state index in [1.54, 1.807) is 18.2 Å². The fourth-order valence-corrected chi connectivity index (χ4v) is 2.88. The van der Waals surface area contributed by atoms with Crippen molar-refractivity contribution in [3.63, 3.8) is 0 Å². The molecule has 0 unspecified atom stereocenters. The molecule has 0 spiro atoms. The molecule has 0 bridgehead atoms. The zero-order valence-corrected chi connectivity index (χ0v) is 13.9. The summed E-state index contributed by atoms with van der Waals surface area (Å²) < 4.78 is 19.4. The molecule has 1 aromatic carbocycles. The van der Waals surface area contributed by atoms with Crippen molar-refractivity contribution in [1.82, 2.24) is 14.8 Å². The third-order valence-electron chi connectivity index (χ3n) is 4.32.